The molecule has 2 aromatic carbocycles. The summed E-state index contributed by atoms with van der Waals surface area (Å²) in [6.45, 7) is 2.41. The Labute approximate surface area is 126 Å². The lowest BCUT2D eigenvalue weighted by Crippen LogP contribution is -2.05. The number of ether oxygens (including phenoxy) is 1. The van der Waals surface area contributed by atoms with Crippen molar-refractivity contribution in [1.29, 1.82) is 0 Å². The minimum Gasteiger partial charge on any atom is -0.487 e. The molecule has 100 valence electrons. The third-order valence-corrected chi connectivity index (χ3v) is 3.55. The highest BCUT2D eigenvalue weighted by molar-refractivity contribution is 9.10. The van der Waals surface area contributed by atoms with Crippen LogP contribution >= 0.6 is 27.5 Å². The molecule has 0 saturated carbocycles. The van der Waals surface area contributed by atoms with E-state index in [-0.39, 0.29) is 6.04 Å². The third kappa shape index (κ3) is 3.96. The lowest BCUT2D eigenvalue weighted by molar-refractivity contribution is 0.306. The first kappa shape index (κ1) is 14.4. The highest BCUT2D eigenvalue weighted by Gasteiger charge is 2.06. The van der Waals surface area contributed by atoms with Crippen LogP contribution in [0.15, 0.2) is 46.9 Å². The maximum absolute atomic E-state index is 6.18. The molecule has 0 aliphatic carbocycles. The zero-order chi connectivity index (χ0) is 13.8. The van der Waals surface area contributed by atoms with Gasteiger partial charge in [0.25, 0.3) is 0 Å². The van der Waals surface area contributed by atoms with Crippen molar-refractivity contribution in [2.45, 2.75) is 19.6 Å². The van der Waals surface area contributed by atoms with Gasteiger partial charge in [-0.3, -0.25) is 0 Å². The lowest BCUT2D eigenvalue weighted by Gasteiger charge is -2.11. The largest absolute Gasteiger partial charge is 0.487 e. The van der Waals surface area contributed by atoms with E-state index < -0.39 is 0 Å². The monoisotopic (exact) mass is 339 g/mol. The van der Waals surface area contributed by atoms with Gasteiger partial charge >= 0.3 is 0 Å². The summed E-state index contributed by atoms with van der Waals surface area (Å²) in [6.07, 6.45) is 0. The molecule has 1 unspecified atom stereocenters. The Balaban J connectivity index is 2.07. The third-order valence-electron chi connectivity index (χ3n) is 2.77. The Hall–Kier alpha value is -1.03. The first-order valence-electron chi connectivity index (χ1n) is 5.98. The van der Waals surface area contributed by atoms with Gasteiger partial charge in [0.1, 0.15) is 12.4 Å². The number of halogens is 2. The summed E-state index contributed by atoms with van der Waals surface area (Å²) >= 11 is 9.61. The summed E-state index contributed by atoms with van der Waals surface area (Å²) < 4.78 is 6.75. The maximum Gasteiger partial charge on any atom is 0.138 e. The minimum absolute atomic E-state index is 0.0309. The molecule has 0 saturated heterocycles. The Morgan fingerprint density at radius 2 is 2.05 bits per heavy atom. The van der Waals surface area contributed by atoms with Crippen molar-refractivity contribution in [3.8, 4) is 5.75 Å². The van der Waals surface area contributed by atoms with Gasteiger partial charge in [0.15, 0.2) is 0 Å². The molecule has 0 radical (unpaired) electrons. The second kappa shape index (κ2) is 6.42. The van der Waals surface area contributed by atoms with Crippen molar-refractivity contribution in [1.82, 2.24) is 0 Å². The van der Waals surface area contributed by atoms with Crippen LogP contribution in [0.25, 0.3) is 0 Å². The first-order chi connectivity index (χ1) is 9.06. The van der Waals surface area contributed by atoms with E-state index >= 15 is 0 Å². The average molecular weight is 341 g/mol. The summed E-state index contributed by atoms with van der Waals surface area (Å²) in [5, 5.41) is 0.588. The van der Waals surface area contributed by atoms with E-state index in [9.17, 15) is 0 Å². The summed E-state index contributed by atoms with van der Waals surface area (Å²) in [4.78, 5) is 0. The molecule has 0 aliphatic rings. The smallest absolute Gasteiger partial charge is 0.138 e. The zero-order valence-electron chi connectivity index (χ0n) is 10.6. The van der Waals surface area contributed by atoms with Gasteiger partial charge in [0, 0.05) is 10.5 Å². The summed E-state index contributed by atoms with van der Waals surface area (Å²) in [5.41, 5.74) is 7.89. The van der Waals surface area contributed by atoms with Crippen LogP contribution in [0.5, 0.6) is 5.75 Å². The van der Waals surface area contributed by atoms with Gasteiger partial charge in [-0.2, -0.15) is 0 Å². The average Bonchev–Trinajstić information content (AvgIpc) is 2.37. The predicted molar refractivity (Wildman–Crippen MR) is 82.5 cm³/mol. The van der Waals surface area contributed by atoms with E-state index in [0.29, 0.717) is 17.4 Å². The van der Waals surface area contributed by atoms with Gasteiger partial charge < -0.3 is 10.5 Å². The molecule has 2 rings (SSSR count). The molecule has 0 spiro atoms. The van der Waals surface area contributed by atoms with Crippen LogP contribution in [0.2, 0.25) is 5.02 Å². The van der Waals surface area contributed by atoms with Gasteiger partial charge in [-0.25, -0.2) is 0 Å². The topological polar surface area (TPSA) is 35.2 Å². The molecule has 0 aliphatic heterocycles. The molecule has 2 aromatic rings. The van der Waals surface area contributed by atoms with E-state index in [0.717, 1.165) is 15.6 Å². The number of benzene rings is 2. The van der Waals surface area contributed by atoms with Crippen LogP contribution in [0, 0.1) is 0 Å². The van der Waals surface area contributed by atoms with Gasteiger partial charge in [0.05, 0.1) is 5.02 Å². The van der Waals surface area contributed by atoms with Crippen LogP contribution in [0.1, 0.15) is 24.1 Å². The standard InChI is InChI=1S/C15H15BrClNO/c1-10(18)12-5-6-15(14(17)8-12)19-9-11-3-2-4-13(16)7-11/h2-8,10H,9,18H2,1H3. The number of hydrogen-bond donors (Lipinski definition) is 1. The number of nitrogens with two attached hydrogens (primary N) is 1. The van der Waals surface area contributed by atoms with Crippen LogP contribution in [-0.4, -0.2) is 0 Å². The quantitative estimate of drug-likeness (QED) is 0.875. The van der Waals surface area contributed by atoms with Crippen molar-refractivity contribution in [2.75, 3.05) is 0 Å². The van der Waals surface area contributed by atoms with Crippen molar-refractivity contribution < 1.29 is 4.74 Å². The molecular formula is C15H15BrClNO. The van der Waals surface area contributed by atoms with Gasteiger partial charge in [0.2, 0.25) is 0 Å². The van der Waals surface area contributed by atoms with Crippen LogP contribution in [0.4, 0.5) is 0 Å². The van der Waals surface area contributed by atoms with E-state index in [1.54, 1.807) is 0 Å². The highest BCUT2D eigenvalue weighted by atomic mass is 79.9. The number of rotatable bonds is 4. The van der Waals surface area contributed by atoms with E-state index in [1.165, 1.54) is 0 Å². The molecule has 2 nitrogen and oxygen atoms in total. The molecule has 2 N–H and O–H groups in total. The zero-order valence-corrected chi connectivity index (χ0v) is 12.9. The predicted octanol–water partition coefficient (Wildman–Crippen LogP) is 4.70. The molecule has 0 fully saturated rings. The summed E-state index contributed by atoms with van der Waals surface area (Å²) in [6, 6.07) is 13.6. The molecule has 0 aromatic heterocycles. The molecule has 4 heteroatoms. The Morgan fingerprint density at radius 3 is 2.68 bits per heavy atom. The second-order valence-corrected chi connectivity index (χ2v) is 5.72. The highest BCUT2D eigenvalue weighted by Crippen LogP contribution is 2.28. The molecule has 0 amide bonds. The Kier molecular flexibility index (Phi) is 4.86. The van der Waals surface area contributed by atoms with Crippen LogP contribution in [0.3, 0.4) is 0 Å². The minimum atomic E-state index is -0.0309. The molecule has 0 bridgehead atoms. The SMILES string of the molecule is CC(N)c1ccc(OCc2cccc(Br)c2)c(Cl)c1. The number of hydrogen-bond acceptors (Lipinski definition) is 2. The van der Waals surface area contributed by atoms with Crippen LogP contribution in [-0.2, 0) is 6.61 Å². The summed E-state index contributed by atoms with van der Waals surface area (Å²) in [5.74, 6) is 0.672. The van der Waals surface area contributed by atoms with Gasteiger partial charge in [-0.15, -0.1) is 0 Å². The van der Waals surface area contributed by atoms with Crippen molar-refractivity contribution >= 4 is 27.5 Å². The van der Waals surface area contributed by atoms with E-state index in [2.05, 4.69) is 15.9 Å². The summed E-state index contributed by atoms with van der Waals surface area (Å²) in [7, 11) is 0. The fraction of sp³-hybridized carbons (Fsp3) is 0.200. The lowest BCUT2D eigenvalue weighted by atomic mass is 10.1. The molecule has 0 heterocycles. The van der Waals surface area contributed by atoms with Crippen molar-refractivity contribution in [3.05, 3.63) is 63.1 Å². The van der Waals surface area contributed by atoms with Crippen molar-refractivity contribution in [2.24, 2.45) is 5.73 Å². The molecule has 19 heavy (non-hydrogen) atoms. The Bertz CT molecular complexity index is 572. The molecule has 1 atom stereocenters. The maximum atomic E-state index is 6.18. The first-order valence-corrected chi connectivity index (χ1v) is 7.15. The normalized spacial score (nSPS) is 12.2. The fourth-order valence-corrected chi connectivity index (χ4v) is 2.40. The van der Waals surface area contributed by atoms with E-state index in [1.807, 2.05) is 49.4 Å². The van der Waals surface area contributed by atoms with Gasteiger partial charge in [-0.1, -0.05) is 45.7 Å². The fourth-order valence-electron chi connectivity index (χ4n) is 1.71. The molecular weight excluding hydrogens is 326 g/mol. The van der Waals surface area contributed by atoms with E-state index in [4.69, 9.17) is 22.1 Å². The second-order valence-electron chi connectivity index (χ2n) is 4.40. The Morgan fingerprint density at radius 1 is 1.26 bits per heavy atom. The van der Waals surface area contributed by atoms with Crippen LogP contribution < -0.4 is 10.5 Å². The van der Waals surface area contributed by atoms with Crippen molar-refractivity contribution in [3.63, 3.8) is 0 Å². The van der Waals surface area contributed by atoms with Gasteiger partial charge in [-0.05, 0) is 42.3 Å².